The van der Waals surface area contributed by atoms with Crippen LogP contribution in [0.25, 0.3) is 0 Å². The zero-order valence-electron chi connectivity index (χ0n) is 22.9. The Morgan fingerprint density at radius 3 is 2.46 bits per heavy atom. The number of aryl methyl sites for hydroxylation is 1. The predicted molar refractivity (Wildman–Crippen MR) is 147 cm³/mol. The summed E-state index contributed by atoms with van der Waals surface area (Å²) in [6.07, 6.45) is 6.32. The highest BCUT2D eigenvalue weighted by Gasteiger charge is 2.33. The number of benzene rings is 2. The first kappa shape index (κ1) is 29.3. The van der Waals surface area contributed by atoms with Crippen molar-refractivity contribution in [3.05, 3.63) is 59.2 Å². The number of hydrogen-bond acceptors (Lipinski definition) is 7. The highest BCUT2D eigenvalue weighted by atomic mass is 32.2. The quantitative estimate of drug-likeness (QED) is 0.321. The Balaban J connectivity index is 1.03. The number of fused-ring (bicyclic) bond motifs is 1. The van der Waals surface area contributed by atoms with Gasteiger partial charge < -0.3 is 23.8 Å². The summed E-state index contributed by atoms with van der Waals surface area (Å²) in [6.45, 7) is 6.96. The molecule has 1 unspecified atom stereocenters. The SMILES string of the molecule is CC1(C)OCc2cc(C3CN(CCCCCCOCCCCc4ccc(S(N)(=O)=O)cc4)C(=O)O3)ccc2O1. The van der Waals surface area contributed by atoms with Gasteiger partial charge in [-0.1, -0.05) is 31.0 Å². The highest BCUT2D eigenvalue weighted by molar-refractivity contribution is 7.89. The van der Waals surface area contributed by atoms with Crippen LogP contribution >= 0.6 is 0 Å². The van der Waals surface area contributed by atoms with Gasteiger partial charge in [-0.25, -0.2) is 18.4 Å². The maximum absolute atomic E-state index is 12.4. The molecule has 9 nitrogen and oxygen atoms in total. The molecule has 1 amide bonds. The number of unbranched alkanes of at least 4 members (excludes halogenated alkanes) is 4. The van der Waals surface area contributed by atoms with E-state index in [-0.39, 0.29) is 17.1 Å². The van der Waals surface area contributed by atoms with Gasteiger partial charge in [0.2, 0.25) is 15.8 Å². The Labute approximate surface area is 231 Å². The van der Waals surface area contributed by atoms with E-state index in [1.54, 1.807) is 17.0 Å². The molecule has 4 rings (SSSR count). The summed E-state index contributed by atoms with van der Waals surface area (Å²) in [5.74, 6) is 0.184. The number of amides is 1. The zero-order chi connectivity index (χ0) is 27.9. The molecule has 0 spiro atoms. The maximum Gasteiger partial charge on any atom is 0.410 e. The number of nitrogens with two attached hydrogens (primary N) is 1. The predicted octanol–water partition coefficient (Wildman–Crippen LogP) is 5.07. The largest absolute Gasteiger partial charge is 0.463 e. The van der Waals surface area contributed by atoms with Crippen LogP contribution in [0.2, 0.25) is 0 Å². The van der Waals surface area contributed by atoms with Gasteiger partial charge in [0.25, 0.3) is 0 Å². The van der Waals surface area contributed by atoms with Crippen LogP contribution in [-0.2, 0) is 37.3 Å². The van der Waals surface area contributed by atoms with Crippen molar-refractivity contribution in [3.8, 4) is 5.75 Å². The number of carbonyl (C=O) groups excluding carboxylic acids is 1. The number of sulfonamides is 1. The van der Waals surface area contributed by atoms with Crippen molar-refractivity contribution >= 4 is 16.1 Å². The molecular formula is C29H40N2O7S. The molecule has 1 saturated heterocycles. The third-order valence-electron chi connectivity index (χ3n) is 7.00. The van der Waals surface area contributed by atoms with Crippen molar-refractivity contribution in [3.63, 3.8) is 0 Å². The average molecular weight is 561 g/mol. The number of hydrogen-bond donors (Lipinski definition) is 1. The second-order valence-electron chi connectivity index (χ2n) is 10.6. The van der Waals surface area contributed by atoms with Gasteiger partial charge in [-0.05, 0) is 67.5 Å². The topological polar surface area (TPSA) is 117 Å². The van der Waals surface area contributed by atoms with E-state index in [1.165, 1.54) is 0 Å². The van der Waals surface area contributed by atoms with E-state index in [9.17, 15) is 13.2 Å². The number of carbonyl (C=O) groups is 1. The van der Waals surface area contributed by atoms with Crippen LogP contribution in [-0.4, -0.2) is 51.5 Å². The molecule has 0 aliphatic carbocycles. The van der Waals surface area contributed by atoms with Gasteiger partial charge in [0.05, 0.1) is 18.0 Å². The Morgan fingerprint density at radius 1 is 1.00 bits per heavy atom. The van der Waals surface area contributed by atoms with E-state index in [4.69, 9.17) is 24.1 Å². The number of rotatable bonds is 14. The van der Waals surface area contributed by atoms with E-state index < -0.39 is 15.8 Å². The second kappa shape index (κ2) is 13.1. The first-order valence-corrected chi connectivity index (χ1v) is 15.3. The van der Waals surface area contributed by atoms with Crippen LogP contribution in [0.5, 0.6) is 5.75 Å². The molecule has 39 heavy (non-hydrogen) atoms. The highest BCUT2D eigenvalue weighted by Crippen LogP contribution is 2.35. The molecule has 1 atom stereocenters. The van der Waals surface area contributed by atoms with Crippen molar-refractivity contribution in [1.29, 1.82) is 0 Å². The summed E-state index contributed by atoms with van der Waals surface area (Å²) >= 11 is 0. The molecule has 2 heterocycles. The first-order valence-electron chi connectivity index (χ1n) is 13.7. The standard InChI is InChI=1S/C29H40N2O7S/c1-29(2)36-21-24-19-23(12-15-26(24)38-29)27-20-31(28(32)37-27)16-6-3-4-7-17-35-18-8-5-9-22-10-13-25(14-11-22)39(30,33)34/h10-15,19,27H,3-9,16-18,20-21H2,1-2H3,(H2,30,33,34). The molecule has 2 aromatic rings. The number of cyclic esters (lactones) is 1. The molecule has 0 saturated carbocycles. The van der Waals surface area contributed by atoms with Crippen LogP contribution in [0.1, 0.15) is 75.2 Å². The van der Waals surface area contributed by atoms with E-state index in [0.29, 0.717) is 19.7 Å². The first-order chi connectivity index (χ1) is 18.6. The van der Waals surface area contributed by atoms with Crippen LogP contribution in [0.15, 0.2) is 47.4 Å². The van der Waals surface area contributed by atoms with Crippen molar-refractivity contribution in [2.75, 3.05) is 26.3 Å². The lowest BCUT2D eigenvalue weighted by Crippen LogP contribution is -2.35. The molecule has 0 radical (unpaired) electrons. The van der Waals surface area contributed by atoms with Gasteiger partial charge in [0.1, 0.15) is 11.9 Å². The van der Waals surface area contributed by atoms with Crippen molar-refractivity contribution in [2.45, 2.75) is 82.2 Å². The van der Waals surface area contributed by atoms with Gasteiger partial charge >= 0.3 is 6.09 Å². The fourth-order valence-electron chi connectivity index (χ4n) is 4.76. The smallest absolute Gasteiger partial charge is 0.410 e. The number of ether oxygens (including phenoxy) is 4. The molecule has 2 aliphatic heterocycles. The van der Waals surface area contributed by atoms with Crippen LogP contribution < -0.4 is 9.88 Å². The molecule has 0 aromatic heterocycles. The fourth-order valence-corrected chi connectivity index (χ4v) is 5.28. The van der Waals surface area contributed by atoms with Gasteiger partial charge in [0, 0.05) is 39.2 Å². The molecule has 2 aliphatic rings. The summed E-state index contributed by atoms with van der Waals surface area (Å²) in [5, 5.41) is 5.12. The van der Waals surface area contributed by atoms with Crippen LogP contribution in [0.4, 0.5) is 4.79 Å². The van der Waals surface area contributed by atoms with Crippen LogP contribution in [0.3, 0.4) is 0 Å². The Kier molecular flexibility index (Phi) is 9.87. The van der Waals surface area contributed by atoms with Gasteiger partial charge in [-0.2, -0.15) is 0 Å². The van der Waals surface area contributed by atoms with Crippen molar-refractivity contribution in [2.24, 2.45) is 5.14 Å². The van der Waals surface area contributed by atoms with E-state index in [1.807, 2.05) is 44.2 Å². The van der Waals surface area contributed by atoms with E-state index in [0.717, 1.165) is 80.6 Å². The minimum atomic E-state index is -3.64. The number of primary sulfonamides is 1. The van der Waals surface area contributed by atoms with Gasteiger partial charge in [-0.3, -0.25) is 0 Å². The third-order valence-corrected chi connectivity index (χ3v) is 7.93. The minimum absolute atomic E-state index is 0.139. The summed E-state index contributed by atoms with van der Waals surface area (Å²) in [4.78, 5) is 14.3. The Hall–Kier alpha value is -2.66. The lowest BCUT2D eigenvalue weighted by atomic mass is 10.0. The lowest BCUT2D eigenvalue weighted by Gasteiger charge is -2.32. The van der Waals surface area contributed by atoms with Gasteiger partial charge in [0.15, 0.2) is 0 Å². The summed E-state index contributed by atoms with van der Waals surface area (Å²) in [7, 11) is -3.64. The van der Waals surface area contributed by atoms with E-state index >= 15 is 0 Å². The fraction of sp³-hybridized carbons (Fsp3) is 0.552. The molecule has 10 heteroatoms. The van der Waals surface area contributed by atoms with Gasteiger partial charge in [-0.15, -0.1) is 0 Å². The van der Waals surface area contributed by atoms with Crippen molar-refractivity contribution < 1.29 is 32.2 Å². The normalized spacial score (nSPS) is 18.5. The molecular weight excluding hydrogens is 520 g/mol. The Bertz CT molecular complexity index is 1210. The number of nitrogens with zero attached hydrogens (tertiary/aromatic N) is 1. The lowest BCUT2D eigenvalue weighted by molar-refractivity contribution is -0.180. The minimum Gasteiger partial charge on any atom is -0.463 e. The molecule has 0 bridgehead atoms. The van der Waals surface area contributed by atoms with E-state index in [2.05, 4.69) is 0 Å². The monoisotopic (exact) mass is 560 g/mol. The van der Waals surface area contributed by atoms with Crippen molar-refractivity contribution in [1.82, 2.24) is 4.90 Å². The third kappa shape index (κ3) is 8.66. The Morgan fingerprint density at radius 2 is 1.72 bits per heavy atom. The maximum atomic E-state index is 12.4. The summed E-state index contributed by atoms with van der Waals surface area (Å²) in [6, 6.07) is 12.6. The second-order valence-corrected chi connectivity index (χ2v) is 12.2. The molecule has 2 aromatic carbocycles. The summed E-state index contributed by atoms with van der Waals surface area (Å²) < 4.78 is 45.6. The average Bonchev–Trinajstić information content (AvgIpc) is 3.26. The molecule has 1 fully saturated rings. The molecule has 2 N–H and O–H groups in total. The zero-order valence-corrected chi connectivity index (χ0v) is 23.7. The summed E-state index contributed by atoms with van der Waals surface area (Å²) in [5.41, 5.74) is 3.03. The van der Waals surface area contributed by atoms with Crippen LogP contribution in [0, 0.1) is 0 Å². The molecule has 214 valence electrons.